The molecule has 190 valence electrons. The molecule has 2 aromatic rings. The van der Waals surface area contributed by atoms with Gasteiger partial charge in [0.25, 0.3) is 0 Å². The maximum atomic E-state index is 13.1. The summed E-state index contributed by atoms with van der Waals surface area (Å²) in [5.74, 6) is 0.694. The monoisotopic (exact) mass is 499 g/mol. The highest BCUT2D eigenvalue weighted by Gasteiger charge is 2.27. The van der Waals surface area contributed by atoms with Gasteiger partial charge in [0.15, 0.2) is 5.78 Å². The van der Waals surface area contributed by atoms with Crippen LogP contribution in [0.25, 0.3) is 0 Å². The van der Waals surface area contributed by atoms with Crippen molar-refractivity contribution in [3.63, 3.8) is 0 Å². The van der Waals surface area contributed by atoms with Crippen LogP contribution in [0, 0.1) is 5.92 Å². The third kappa shape index (κ3) is 11.4. The van der Waals surface area contributed by atoms with Crippen LogP contribution in [-0.4, -0.2) is 40.6 Å². The molecule has 0 spiro atoms. The second-order valence-corrected chi connectivity index (χ2v) is 9.86. The van der Waals surface area contributed by atoms with E-state index in [4.69, 9.17) is 4.74 Å². The zero-order chi connectivity index (χ0) is 25.5. The van der Waals surface area contributed by atoms with Crippen molar-refractivity contribution in [2.24, 2.45) is 5.92 Å². The number of carbonyl (C=O) groups excluding carboxylic acids is 3. The predicted molar refractivity (Wildman–Crippen MR) is 140 cm³/mol. The Morgan fingerprint density at radius 3 is 2.40 bits per heavy atom. The van der Waals surface area contributed by atoms with Crippen molar-refractivity contribution in [2.45, 2.75) is 70.9 Å². The summed E-state index contributed by atoms with van der Waals surface area (Å²) in [7, 11) is 0. The van der Waals surface area contributed by atoms with E-state index in [0.29, 0.717) is 18.6 Å². The lowest BCUT2D eigenvalue weighted by Crippen LogP contribution is -2.52. The highest BCUT2D eigenvalue weighted by Crippen LogP contribution is 2.13. The molecule has 8 heteroatoms. The molecule has 0 aliphatic rings. The Kier molecular flexibility index (Phi) is 12.9. The number of ether oxygens (including phenoxy) is 1. The molecule has 0 saturated carbocycles. The standard InChI is InChI=1S/C27H37N3O4S/c1-4-5-14-23(25(31)19-35-18-22-13-9-10-15-28-22)29-26(32)24(16-20(2)3)30-27(33)34-17-21-11-7-6-8-12-21/h6-13,15,20,23-24H,4-5,14,16-19H2,1-3H3,(H,29,32)(H,30,33). The molecule has 2 rings (SSSR count). The molecule has 0 aliphatic carbocycles. The van der Waals surface area contributed by atoms with Crippen molar-refractivity contribution in [3.05, 3.63) is 66.0 Å². The van der Waals surface area contributed by atoms with Crippen molar-refractivity contribution >= 4 is 29.5 Å². The van der Waals surface area contributed by atoms with Gasteiger partial charge in [-0.25, -0.2) is 4.79 Å². The molecule has 0 radical (unpaired) electrons. The Labute approximate surface area is 212 Å². The van der Waals surface area contributed by atoms with Crippen molar-refractivity contribution in [1.82, 2.24) is 15.6 Å². The molecule has 0 saturated heterocycles. The highest BCUT2D eigenvalue weighted by atomic mass is 32.2. The van der Waals surface area contributed by atoms with E-state index < -0.39 is 18.2 Å². The van der Waals surface area contributed by atoms with Gasteiger partial charge in [-0.05, 0) is 36.5 Å². The number of nitrogens with zero attached hydrogens (tertiary/aromatic N) is 1. The molecule has 0 aliphatic heterocycles. The molecule has 2 atom stereocenters. The predicted octanol–water partition coefficient (Wildman–Crippen LogP) is 4.90. The summed E-state index contributed by atoms with van der Waals surface area (Å²) >= 11 is 1.48. The highest BCUT2D eigenvalue weighted by molar-refractivity contribution is 7.99. The number of pyridine rings is 1. The normalized spacial score (nSPS) is 12.6. The Morgan fingerprint density at radius 2 is 1.74 bits per heavy atom. The number of carbonyl (C=O) groups is 3. The van der Waals surface area contributed by atoms with Crippen molar-refractivity contribution in [1.29, 1.82) is 0 Å². The van der Waals surface area contributed by atoms with Crippen LogP contribution in [0.15, 0.2) is 54.7 Å². The second kappa shape index (κ2) is 15.9. The summed E-state index contributed by atoms with van der Waals surface area (Å²) in [6.45, 7) is 6.12. The summed E-state index contributed by atoms with van der Waals surface area (Å²) in [4.78, 5) is 42.7. The van der Waals surface area contributed by atoms with Gasteiger partial charge in [-0.1, -0.05) is 70.0 Å². The molecule has 0 bridgehead atoms. The van der Waals surface area contributed by atoms with Gasteiger partial charge in [-0.15, -0.1) is 11.8 Å². The van der Waals surface area contributed by atoms with Gasteiger partial charge in [0, 0.05) is 11.9 Å². The molecule has 0 fully saturated rings. The van der Waals surface area contributed by atoms with Crippen LogP contribution >= 0.6 is 11.8 Å². The van der Waals surface area contributed by atoms with E-state index in [0.717, 1.165) is 24.1 Å². The summed E-state index contributed by atoms with van der Waals surface area (Å²) in [6.07, 6.45) is 3.82. The van der Waals surface area contributed by atoms with Gasteiger partial charge >= 0.3 is 6.09 Å². The third-order valence-electron chi connectivity index (χ3n) is 5.30. The molecule has 1 heterocycles. The van der Waals surface area contributed by atoms with Crippen LogP contribution in [0.3, 0.4) is 0 Å². The molecule has 2 unspecified atom stereocenters. The van der Waals surface area contributed by atoms with Gasteiger partial charge in [-0.3, -0.25) is 14.6 Å². The van der Waals surface area contributed by atoms with Gasteiger partial charge in [-0.2, -0.15) is 0 Å². The van der Waals surface area contributed by atoms with E-state index in [2.05, 4.69) is 15.6 Å². The fourth-order valence-corrected chi connectivity index (χ4v) is 4.33. The van der Waals surface area contributed by atoms with Crippen LogP contribution in [0.2, 0.25) is 0 Å². The Bertz CT molecular complexity index is 909. The largest absolute Gasteiger partial charge is 0.445 e. The number of unbranched alkanes of at least 4 members (excludes halogenated alkanes) is 1. The number of Topliss-reactive ketones (excluding diaryl/α,β-unsaturated/α-hetero) is 1. The molecule has 35 heavy (non-hydrogen) atoms. The van der Waals surface area contributed by atoms with Gasteiger partial charge in [0.05, 0.1) is 17.5 Å². The number of thioether (sulfide) groups is 1. The molecule has 1 aromatic heterocycles. The number of alkyl carbamates (subject to hydrolysis) is 1. The van der Waals surface area contributed by atoms with Crippen LogP contribution in [0.4, 0.5) is 4.79 Å². The zero-order valence-corrected chi connectivity index (χ0v) is 21.7. The number of hydrogen-bond acceptors (Lipinski definition) is 6. The summed E-state index contributed by atoms with van der Waals surface area (Å²) in [5.41, 5.74) is 1.77. The van der Waals surface area contributed by atoms with E-state index in [-0.39, 0.29) is 30.0 Å². The lowest BCUT2D eigenvalue weighted by Gasteiger charge is -2.24. The molecule has 2 N–H and O–H groups in total. The summed E-state index contributed by atoms with van der Waals surface area (Å²) in [5, 5.41) is 5.58. The smallest absolute Gasteiger partial charge is 0.408 e. The molecular formula is C27H37N3O4S. The first-order valence-electron chi connectivity index (χ1n) is 12.2. The first-order chi connectivity index (χ1) is 16.9. The number of benzene rings is 1. The average Bonchev–Trinajstić information content (AvgIpc) is 2.85. The number of ketones is 1. The van der Waals surface area contributed by atoms with Crippen LogP contribution < -0.4 is 10.6 Å². The maximum absolute atomic E-state index is 13.1. The number of nitrogens with one attached hydrogen (secondary N) is 2. The SMILES string of the molecule is CCCCC(NC(=O)C(CC(C)C)NC(=O)OCc1ccccc1)C(=O)CSCc1ccccn1. The van der Waals surface area contributed by atoms with Gasteiger partial charge < -0.3 is 15.4 Å². The van der Waals surface area contributed by atoms with Gasteiger partial charge in [0.2, 0.25) is 5.91 Å². The van der Waals surface area contributed by atoms with E-state index in [9.17, 15) is 14.4 Å². The molecule has 1 aromatic carbocycles. The van der Waals surface area contributed by atoms with Gasteiger partial charge in [0.1, 0.15) is 12.6 Å². The lowest BCUT2D eigenvalue weighted by atomic mass is 10.0. The average molecular weight is 500 g/mol. The number of hydrogen-bond donors (Lipinski definition) is 2. The molecule has 7 nitrogen and oxygen atoms in total. The maximum Gasteiger partial charge on any atom is 0.408 e. The third-order valence-corrected chi connectivity index (χ3v) is 6.29. The lowest BCUT2D eigenvalue weighted by molar-refractivity contribution is -0.128. The van der Waals surface area contributed by atoms with Crippen molar-refractivity contribution in [3.8, 4) is 0 Å². The van der Waals surface area contributed by atoms with E-state index in [1.807, 2.05) is 69.3 Å². The number of aromatic nitrogens is 1. The van der Waals surface area contributed by atoms with Crippen molar-refractivity contribution in [2.75, 3.05) is 5.75 Å². The zero-order valence-electron chi connectivity index (χ0n) is 20.9. The fourth-order valence-electron chi connectivity index (χ4n) is 3.44. The summed E-state index contributed by atoms with van der Waals surface area (Å²) < 4.78 is 5.30. The summed E-state index contributed by atoms with van der Waals surface area (Å²) in [6, 6.07) is 13.7. The Morgan fingerprint density at radius 1 is 1.00 bits per heavy atom. The minimum absolute atomic E-state index is 0.0253. The van der Waals surface area contributed by atoms with Crippen LogP contribution in [0.1, 0.15) is 57.7 Å². The number of amides is 2. The first-order valence-corrected chi connectivity index (χ1v) is 13.3. The van der Waals surface area contributed by atoms with Crippen LogP contribution in [-0.2, 0) is 26.7 Å². The van der Waals surface area contributed by atoms with Crippen molar-refractivity contribution < 1.29 is 19.1 Å². The topological polar surface area (TPSA) is 97.4 Å². The quantitative estimate of drug-likeness (QED) is 0.362. The molecular weight excluding hydrogens is 462 g/mol. The second-order valence-electron chi connectivity index (χ2n) is 8.87. The van der Waals surface area contributed by atoms with E-state index >= 15 is 0 Å². The minimum atomic E-state index is -0.781. The Balaban J connectivity index is 1.93. The van der Waals surface area contributed by atoms with Crippen LogP contribution in [0.5, 0.6) is 0 Å². The van der Waals surface area contributed by atoms with E-state index in [1.54, 1.807) is 6.20 Å². The Hall–Kier alpha value is -2.87. The molecule has 2 amide bonds. The minimum Gasteiger partial charge on any atom is -0.445 e. The van der Waals surface area contributed by atoms with E-state index in [1.165, 1.54) is 11.8 Å². The first kappa shape index (κ1) is 28.4. The number of rotatable bonds is 15. The fraction of sp³-hybridized carbons (Fsp3) is 0.481.